The number of ether oxygens (including phenoxy) is 1. The van der Waals surface area contributed by atoms with Crippen LogP contribution in [-0.2, 0) is 9.53 Å². The summed E-state index contributed by atoms with van der Waals surface area (Å²) in [7, 11) is 1.64. The number of nitrogens with one attached hydrogen (secondary N) is 1. The summed E-state index contributed by atoms with van der Waals surface area (Å²) in [5.41, 5.74) is 0.768. The topological polar surface area (TPSA) is 41.6 Å². The van der Waals surface area contributed by atoms with E-state index < -0.39 is 0 Å². The van der Waals surface area contributed by atoms with Gasteiger partial charge in [0.05, 0.1) is 18.7 Å². The molecule has 2 rings (SSSR count). The number of carbonyl (C=O) groups is 1. The molecule has 1 aliphatic heterocycles. The predicted molar refractivity (Wildman–Crippen MR) is 79.2 cm³/mol. The van der Waals surface area contributed by atoms with Crippen LogP contribution in [0, 0.1) is 5.82 Å². The highest BCUT2D eigenvalue weighted by atomic mass is 19.1. The number of benzene rings is 1. The lowest BCUT2D eigenvalue weighted by Gasteiger charge is -2.32. The first-order valence-electron chi connectivity index (χ1n) is 7.41. The first-order valence-corrected chi connectivity index (χ1v) is 7.41. The van der Waals surface area contributed by atoms with Gasteiger partial charge in [0.15, 0.2) is 0 Å². The summed E-state index contributed by atoms with van der Waals surface area (Å²) in [4.78, 5) is 14.3. The number of nitrogens with zero attached hydrogens (tertiary/aromatic N) is 1. The lowest BCUT2D eigenvalue weighted by Crippen LogP contribution is -2.42. The first-order chi connectivity index (χ1) is 10.1. The number of carbonyl (C=O) groups excluding carboxylic acids is 1. The summed E-state index contributed by atoms with van der Waals surface area (Å²) in [6, 6.07) is 6.13. The molecule has 1 aliphatic rings. The van der Waals surface area contributed by atoms with Crippen LogP contribution in [0.3, 0.4) is 0 Å². The summed E-state index contributed by atoms with van der Waals surface area (Å²) in [6.45, 7) is 4.40. The predicted octanol–water partition coefficient (Wildman–Crippen LogP) is 2.46. The SMILES string of the molecule is CCCC(COC)N1C(=O)C(C)NC1c1cccc(F)c1. The van der Waals surface area contributed by atoms with Gasteiger partial charge in [0.25, 0.3) is 0 Å². The Hall–Kier alpha value is -1.46. The fourth-order valence-electron chi connectivity index (χ4n) is 2.89. The Kier molecular flexibility index (Phi) is 5.31. The molecule has 0 aliphatic carbocycles. The average molecular weight is 294 g/mol. The van der Waals surface area contributed by atoms with Gasteiger partial charge in [-0.15, -0.1) is 0 Å². The lowest BCUT2D eigenvalue weighted by atomic mass is 10.1. The van der Waals surface area contributed by atoms with Crippen LogP contribution in [0.4, 0.5) is 4.39 Å². The molecule has 0 aromatic heterocycles. The number of hydrogen-bond donors (Lipinski definition) is 1. The second-order valence-electron chi connectivity index (χ2n) is 5.49. The van der Waals surface area contributed by atoms with Crippen molar-refractivity contribution >= 4 is 5.91 Å². The third-order valence-corrected chi connectivity index (χ3v) is 3.85. The molecule has 1 N–H and O–H groups in total. The minimum atomic E-state index is -0.296. The summed E-state index contributed by atoms with van der Waals surface area (Å²) < 4.78 is 18.7. The zero-order chi connectivity index (χ0) is 15.4. The normalized spacial score (nSPS) is 23.6. The van der Waals surface area contributed by atoms with Gasteiger partial charge >= 0.3 is 0 Å². The van der Waals surface area contributed by atoms with Gasteiger partial charge in [0, 0.05) is 7.11 Å². The quantitative estimate of drug-likeness (QED) is 0.876. The number of methoxy groups -OCH3 is 1. The van der Waals surface area contributed by atoms with E-state index in [0.717, 1.165) is 18.4 Å². The van der Waals surface area contributed by atoms with E-state index >= 15 is 0 Å². The molecular weight excluding hydrogens is 271 g/mol. The molecule has 3 unspecified atom stereocenters. The van der Waals surface area contributed by atoms with E-state index in [-0.39, 0.29) is 30.0 Å². The van der Waals surface area contributed by atoms with Crippen molar-refractivity contribution in [1.29, 1.82) is 0 Å². The molecular formula is C16H23FN2O2. The zero-order valence-corrected chi connectivity index (χ0v) is 12.8. The fourth-order valence-corrected chi connectivity index (χ4v) is 2.89. The maximum atomic E-state index is 13.5. The van der Waals surface area contributed by atoms with Crippen LogP contribution in [0.15, 0.2) is 24.3 Å². The molecule has 1 amide bonds. The summed E-state index contributed by atoms with van der Waals surface area (Å²) in [5.74, 6) is -0.250. The zero-order valence-electron chi connectivity index (χ0n) is 12.8. The smallest absolute Gasteiger partial charge is 0.241 e. The Balaban J connectivity index is 2.31. The minimum absolute atomic E-state index is 0.00165. The van der Waals surface area contributed by atoms with Crippen molar-refractivity contribution in [3.8, 4) is 0 Å². The maximum absolute atomic E-state index is 13.5. The molecule has 21 heavy (non-hydrogen) atoms. The lowest BCUT2D eigenvalue weighted by molar-refractivity contribution is -0.133. The minimum Gasteiger partial charge on any atom is -0.383 e. The molecule has 1 aromatic rings. The molecule has 1 aromatic carbocycles. The van der Waals surface area contributed by atoms with Crippen molar-refractivity contribution in [2.75, 3.05) is 13.7 Å². The van der Waals surface area contributed by atoms with Crippen LogP contribution in [0.25, 0.3) is 0 Å². The Bertz CT molecular complexity index is 489. The van der Waals surface area contributed by atoms with Crippen LogP contribution >= 0.6 is 0 Å². The van der Waals surface area contributed by atoms with E-state index in [0.29, 0.717) is 6.61 Å². The standard InChI is InChI=1S/C16H23FN2O2/c1-4-6-14(10-21-3)19-15(18-11(2)16(19)20)12-7-5-8-13(17)9-12/h5,7-9,11,14-15,18H,4,6,10H2,1-3H3. The molecule has 4 nitrogen and oxygen atoms in total. The van der Waals surface area contributed by atoms with E-state index in [1.807, 2.05) is 17.9 Å². The van der Waals surface area contributed by atoms with Crippen molar-refractivity contribution < 1.29 is 13.9 Å². The second kappa shape index (κ2) is 7.00. The Morgan fingerprint density at radius 3 is 2.86 bits per heavy atom. The monoisotopic (exact) mass is 294 g/mol. The molecule has 1 saturated heterocycles. The number of halogens is 1. The van der Waals surface area contributed by atoms with Gasteiger partial charge in [-0.3, -0.25) is 10.1 Å². The largest absolute Gasteiger partial charge is 0.383 e. The van der Waals surface area contributed by atoms with Crippen molar-refractivity contribution in [3.63, 3.8) is 0 Å². The van der Waals surface area contributed by atoms with Crippen LogP contribution < -0.4 is 5.32 Å². The highest BCUT2D eigenvalue weighted by Gasteiger charge is 2.40. The third-order valence-electron chi connectivity index (χ3n) is 3.85. The summed E-state index contributed by atoms with van der Waals surface area (Å²) in [6.07, 6.45) is 1.52. The number of amides is 1. The van der Waals surface area contributed by atoms with E-state index in [1.165, 1.54) is 12.1 Å². The van der Waals surface area contributed by atoms with Crippen molar-refractivity contribution in [2.24, 2.45) is 0 Å². The molecule has 3 atom stereocenters. The first kappa shape index (κ1) is 15.9. The molecule has 116 valence electrons. The Morgan fingerprint density at radius 2 is 2.24 bits per heavy atom. The Morgan fingerprint density at radius 1 is 1.48 bits per heavy atom. The van der Waals surface area contributed by atoms with Crippen molar-refractivity contribution in [2.45, 2.75) is 44.9 Å². The van der Waals surface area contributed by atoms with Crippen LogP contribution in [0.5, 0.6) is 0 Å². The average Bonchev–Trinajstić information content (AvgIpc) is 2.75. The van der Waals surface area contributed by atoms with Crippen LogP contribution in [0.2, 0.25) is 0 Å². The van der Waals surface area contributed by atoms with Crippen molar-refractivity contribution in [3.05, 3.63) is 35.6 Å². The molecule has 0 saturated carbocycles. The maximum Gasteiger partial charge on any atom is 0.241 e. The third kappa shape index (κ3) is 3.41. The van der Waals surface area contributed by atoms with E-state index in [1.54, 1.807) is 13.2 Å². The van der Waals surface area contributed by atoms with Crippen LogP contribution in [0.1, 0.15) is 38.4 Å². The number of rotatable bonds is 6. The van der Waals surface area contributed by atoms with Gasteiger partial charge in [-0.1, -0.05) is 25.5 Å². The fraction of sp³-hybridized carbons (Fsp3) is 0.562. The van der Waals surface area contributed by atoms with Gasteiger partial charge in [-0.05, 0) is 31.0 Å². The highest BCUT2D eigenvalue weighted by Crippen LogP contribution is 2.29. The second-order valence-corrected chi connectivity index (χ2v) is 5.49. The molecule has 0 radical (unpaired) electrons. The molecule has 0 spiro atoms. The van der Waals surface area contributed by atoms with Gasteiger partial charge in [0.2, 0.25) is 5.91 Å². The van der Waals surface area contributed by atoms with Gasteiger partial charge in [-0.25, -0.2) is 4.39 Å². The number of hydrogen-bond acceptors (Lipinski definition) is 3. The van der Waals surface area contributed by atoms with E-state index in [4.69, 9.17) is 4.74 Å². The molecule has 1 heterocycles. The highest BCUT2D eigenvalue weighted by molar-refractivity contribution is 5.84. The molecule has 1 fully saturated rings. The van der Waals surface area contributed by atoms with E-state index in [2.05, 4.69) is 12.2 Å². The van der Waals surface area contributed by atoms with E-state index in [9.17, 15) is 9.18 Å². The molecule has 0 bridgehead atoms. The molecule has 5 heteroatoms. The van der Waals surface area contributed by atoms with Gasteiger partial charge in [0.1, 0.15) is 12.0 Å². The van der Waals surface area contributed by atoms with Crippen molar-refractivity contribution in [1.82, 2.24) is 10.2 Å². The Labute approximate surface area is 125 Å². The van der Waals surface area contributed by atoms with Gasteiger partial charge < -0.3 is 9.64 Å². The van der Waals surface area contributed by atoms with Gasteiger partial charge in [-0.2, -0.15) is 0 Å². The van der Waals surface area contributed by atoms with Crippen LogP contribution in [-0.4, -0.2) is 36.6 Å². The summed E-state index contributed by atoms with van der Waals surface area (Å²) >= 11 is 0. The summed E-state index contributed by atoms with van der Waals surface area (Å²) in [5, 5.41) is 3.25.